The van der Waals surface area contributed by atoms with Gasteiger partial charge in [0.25, 0.3) is 0 Å². The zero-order valence-electron chi connectivity index (χ0n) is 8.39. The van der Waals surface area contributed by atoms with E-state index < -0.39 is 0 Å². The minimum Gasteiger partial charge on any atom is -0.361 e. The van der Waals surface area contributed by atoms with E-state index in [4.69, 9.17) is 17.1 Å². The summed E-state index contributed by atoms with van der Waals surface area (Å²) in [5.41, 5.74) is 10.1. The third-order valence-electron chi connectivity index (χ3n) is 2.23. The Morgan fingerprint density at radius 1 is 1.50 bits per heavy atom. The van der Waals surface area contributed by atoms with Crippen molar-refractivity contribution >= 4 is 28.6 Å². The molecule has 0 atom stereocenters. The van der Waals surface area contributed by atoms with Gasteiger partial charge in [0.15, 0.2) is 0 Å². The maximum absolute atomic E-state index is 8.14. The van der Waals surface area contributed by atoms with E-state index in [2.05, 4.69) is 15.0 Å². The Balaban J connectivity index is 2.38. The van der Waals surface area contributed by atoms with Crippen molar-refractivity contribution < 1.29 is 0 Å². The van der Waals surface area contributed by atoms with Crippen LogP contribution in [0.25, 0.3) is 27.4 Å². The van der Waals surface area contributed by atoms with Crippen molar-refractivity contribution in [3.05, 3.63) is 51.5 Å². The molecule has 1 heterocycles. The summed E-state index contributed by atoms with van der Waals surface area (Å²) in [5.74, 6) is 0. The SMILES string of the molecule is [N-]=[N+]=NCC=Cc1c[nH]c2cccc(Cl)c12. The zero-order chi connectivity index (χ0) is 11.4. The van der Waals surface area contributed by atoms with Gasteiger partial charge < -0.3 is 4.98 Å². The molecule has 0 radical (unpaired) electrons. The summed E-state index contributed by atoms with van der Waals surface area (Å²) in [6.45, 7) is 0.341. The van der Waals surface area contributed by atoms with Crippen LogP contribution in [0.15, 0.2) is 35.6 Å². The summed E-state index contributed by atoms with van der Waals surface area (Å²) in [5, 5.41) is 5.12. The van der Waals surface area contributed by atoms with Gasteiger partial charge >= 0.3 is 0 Å². The number of rotatable bonds is 3. The van der Waals surface area contributed by atoms with Crippen molar-refractivity contribution in [1.82, 2.24) is 4.98 Å². The maximum atomic E-state index is 8.14. The number of halogens is 1. The Hall–Kier alpha value is -1.90. The number of nitrogens with one attached hydrogen (secondary N) is 1. The molecule has 1 aromatic carbocycles. The van der Waals surface area contributed by atoms with Gasteiger partial charge in [-0.1, -0.05) is 34.9 Å². The van der Waals surface area contributed by atoms with Crippen LogP contribution in [-0.2, 0) is 0 Å². The van der Waals surface area contributed by atoms with Crippen LogP contribution in [0.2, 0.25) is 5.02 Å². The van der Waals surface area contributed by atoms with Crippen LogP contribution in [0.1, 0.15) is 5.56 Å². The number of aromatic amines is 1. The van der Waals surface area contributed by atoms with Gasteiger partial charge in [0.1, 0.15) is 0 Å². The first-order chi connectivity index (χ1) is 7.83. The minimum atomic E-state index is 0.341. The van der Waals surface area contributed by atoms with Crippen LogP contribution < -0.4 is 0 Å². The van der Waals surface area contributed by atoms with E-state index in [1.807, 2.05) is 30.5 Å². The summed E-state index contributed by atoms with van der Waals surface area (Å²) in [6, 6.07) is 5.71. The first-order valence-electron chi connectivity index (χ1n) is 4.76. The molecule has 2 aromatic rings. The molecule has 4 nitrogen and oxygen atoms in total. The van der Waals surface area contributed by atoms with Crippen molar-refractivity contribution in [2.75, 3.05) is 6.54 Å². The Morgan fingerprint density at radius 2 is 2.38 bits per heavy atom. The Kier molecular flexibility index (Phi) is 3.15. The fourth-order valence-electron chi connectivity index (χ4n) is 1.56. The van der Waals surface area contributed by atoms with Gasteiger partial charge in [-0.3, -0.25) is 0 Å². The van der Waals surface area contributed by atoms with Crippen molar-refractivity contribution in [1.29, 1.82) is 0 Å². The molecule has 0 saturated heterocycles. The summed E-state index contributed by atoms with van der Waals surface area (Å²) >= 11 is 6.11. The Morgan fingerprint density at radius 3 is 3.19 bits per heavy atom. The third-order valence-corrected chi connectivity index (χ3v) is 2.55. The van der Waals surface area contributed by atoms with Crippen LogP contribution in [0.5, 0.6) is 0 Å². The first kappa shape index (κ1) is 10.6. The number of fused-ring (bicyclic) bond motifs is 1. The molecule has 2 rings (SSSR count). The van der Waals surface area contributed by atoms with Gasteiger partial charge in [-0.2, -0.15) is 0 Å². The molecule has 1 aromatic heterocycles. The van der Waals surface area contributed by atoms with Crippen molar-refractivity contribution in [3.63, 3.8) is 0 Å². The van der Waals surface area contributed by atoms with Crippen LogP contribution in [0.4, 0.5) is 0 Å². The van der Waals surface area contributed by atoms with Crippen molar-refractivity contribution in [2.45, 2.75) is 0 Å². The highest BCUT2D eigenvalue weighted by Crippen LogP contribution is 2.27. The first-order valence-corrected chi connectivity index (χ1v) is 5.13. The van der Waals surface area contributed by atoms with Crippen LogP contribution in [-0.4, -0.2) is 11.5 Å². The second kappa shape index (κ2) is 4.75. The number of H-pyrrole nitrogens is 1. The molecule has 0 spiro atoms. The van der Waals surface area contributed by atoms with Crippen LogP contribution >= 0.6 is 11.6 Å². The lowest BCUT2D eigenvalue weighted by Gasteiger charge is -1.94. The monoisotopic (exact) mass is 232 g/mol. The highest BCUT2D eigenvalue weighted by Gasteiger charge is 2.03. The van der Waals surface area contributed by atoms with Gasteiger partial charge in [0, 0.05) is 34.1 Å². The highest BCUT2D eigenvalue weighted by atomic mass is 35.5. The quantitative estimate of drug-likeness (QED) is 0.470. The van der Waals surface area contributed by atoms with E-state index in [9.17, 15) is 0 Å². The lowest BCUT2D eigenvalue weighted by molar-refractivity contribution is 1.22. The maximum Gasteiger partial charge on any atom is 0.0505 e. The van der Waals surface area contributed by atoms with Gasteiger partial charge in [0.05, 0.1) is 5.02 Å². The fraction of sp³-hybridized carbons (Fsp3) is 0.0909. The number of hydrogen-bond donors (Lipinski definition) is 1. The molecule has 0 saturated carbocycles. The summed E-state index contributed by atoms with van der Waals surface area (Å²) in [6.07, 6.45) is 5.56. The van der Waals surface area contributed by atoms with E-state index in [0.29, 0.717) is 11.6 Å². The number of aromatic nitrogens is 1. The van der Waals surface area contributed by atoms with E-state index in [1.165, 1.54) is 0 Å². The largest absolute Gasteiger partial charge is 0.361 e. The Labute approximate surface area is 97.2 Å². The van der Waals surface area contributed by atoms with Crippen molar-refractivity contribution in [2.24, 2.45) is 5.11 Å². The van der Waals surface area contributed by atoms with E-state index >= 15 is 0 Å². The highest BCUT2D eigenvalue weighted by molar-refractivity contribution is 6.36. The third kappa shape index (κ3) is 2.03. The summed E-state index contributed by atoms with van der Waals surface area (Å²) in [4.78, 5) is 5.81. The lowest BCUT2D eigenvalue weighted by atomic mass is 10.1. The van der Waals surface area contributed by atoms with Gasteiger partial charge in [0.2, 0.25) is 0 Å². The fourth-order valence-corrected chi connectivity index (χ4v) is 1.84. The van der Waals surface area contributed by atoms with Gasteiger partial charge in [-0.25, -0.2) is 0 Å². The second-order valence-corrected chi connectivity index (χ2v) is 3.63. The van der Waals surface area contributed by atoms with Gasteiger partial charge in [-0.05, 0) is 17.7 Å². The Bertz CT molecular complexity index is 579. The average molecular weight is 233 g/mol. The number of benzene rings is 1. The molecular weight excluding hydrogens is 224 g/mol. The minimum absolute atomic E-state index is 0.341. The molecule has 0 amide bonds. The molecule has 0 bridgehead atoms. The molecule has 80 valence electrons. The topological polar surface area (TPSA) is 64.6 Å². The molecule has 1 N–H and O–H groups in total. The summed E-state index contributed by atoms with van der Waals surface area (Å²) in [7, 11) is 0. The number of nitrogens with zero attached hydrogens (tertiary/aromatic N) is 3. The number of hydrogen-bond acceptors (Lipinski definition) is 1. The normalized spacial score (nSPS) is 10.8. The van der Waals surface area contributed by atoms with Crippen LogP contribution in [0, 0.1) is 0 Å². The van der Waals surface area contributed by atoms with E-state index in [0.717, 1.165) is 16.5 Å². The van der Waals surface area contributed by atoms with Gasteiger partial charge in [-0.15, -0.1) is 0 Å². The van der Waals surface area contributed by atoms with E-state index in [1.54, 1.807) is 6.08 Å². The van der Waals surface area contributed by atoms with E-state index in [-0.39, 0.29) is 0 Å². The molecule has 0 aliphatic heterocycles. The predicted molar refractivity (Wildman–Crippen MR) is 66.4 cm³/mol. The standard InChI is InChI=1S/C11H9ClN4/c12-9-4-1-5-10-11(9)8(7-14-10)3-2-6-15-16-13/h1-5,7,14H,6H2. The zero-order valence-corrected chi connectivity index (χ0v) is 9.15. The number of azide groups is 1. The molecule has 0 aliphatic rings. The van der Waals surface area contributed by atoms with Crippen molar-refractivity contribution in [3.8, 4) is 0 Å². The molecule has 5 heteroatoms. The second-order valence-electron chi connectivity index (χ2n) is 3.22. The predicted octanol–water partition coefficient (Wildman–Crippen LogP) is 4.14. The van der Waals surface area contributed by atoms with Crippen LogP contribution in [0.3, 0.4) is 0 Å². The molecule has 0 unspecified atom stereocenters. The molecule has 16 heavy (non-hydrogen) atoms. The molecule has 0 fully saturated rings. The lowest BCUT2D eigenvalue weighted by Crippen LogP contribution is -1.72. The average Bonchev–Trinajstić information content (AvgIpc) is 2.69. The summed E-state index contributed by atoms with van der Waals surface area (Å²) < 4.78 is 0. The molecule has 0 aliphatic carbocycles. The molecular formula is C11H9ClN4. The smallest absolute Gasteiger partial charge is 0.0505 e.